The lowest BCUT2D eigenvalue weighted by atomic mass is 10.2. The van der Waals surface area contributed by atoms with E-state index in [0.717, 1.165) is 30.9 Å². The fourth-order valence-corrected chi connectivity index (χ4v) is 3.69. The van der Waals surface area contributed by atoms with Crippen LogP contribution in [0.25, 0.3) is 0 Å². The highest BCUT2D eigenvalue weighted by atomic mass is 32.2. The Balaban J connectivity index is 1.73. The fourth-order valence-electron chi connectivity index (χ4n) is 2.52. The van der Waals surface area contributed by atoms with Gasteiger partial charge in [-0.2, -0.15) is 0 Å². The number of benzene rings is 3. The lowest BCUT2D eigenvalue weighted by molar-refractivity contribution is 0.0600. The monoisotopic (exact) mass is 415 g/mol. The number of carbonyl (C=O) groups excluding carboxylic acids is 1. The Hall–Kier alpha value is -3.39. The smallest absolute Gasteiger partial charge is 0.337 e. The van der Waals surface area contributed by atoms with Crippen LogP contribution in [-0.2, 0) is 21.4 Å². The molecule has 3 aromatic rings. The first kappa shape index (κ1) is 20.3. The molecular weight excluding hydrogens is 397 g/mol. The Morgan fingerprint density at radius 3 is 2.34 bits per heavy atom. The molecule has 0 saturated heterocycles. The number of hydrogen-bond acceptors (Lipinski definition) is 5. The number of esters is 1. The van der Waals surface area contributed by atoms with Crippen molar-refractivity contribution >= 4 is 21.7 Å². The number of anilines is 1. The van der Waals surface area contributed by atoms with Crippen molar-refractivity contribution in [1.82, 2.24) is 0 Å². The molecule has 0 aliphatic rings. The first-order valence-electron chi connectivity index (χ1n) is 8.56. The molecule has 1 N–H and O–H groups in total. The van der Waals surface area contributed by atoms with Gasteiger partial charge in [0.15, 0.2) is 0 Å². The van der Waals surface area contributed by atoms with Gasteiger partial charge in [-0.1, -0.05) is 30.3 Å². The highest BCUT2D eigenvalue weighted by molar-refractivity contribution is 7.92. The number of carbonyl (C=O) groups is 1. The third kappa shape index (κ3) is 5.11. The molecule has 0 aliphatic heterocycles. The second-order valence-corrected chi connectivity index (χ2v) is 7.69. The first-order chi connectivity index (χ1) is 13.9. The minimum absolute atomic E-state index is 0.0704. The lowest BCUT2D eigenvalue weighted by Crippen LogP contribution is -2.15. The molecule has 0 fully saturated rings. The maximum Gasteiger partial charge on any atom is 0.337 e. The highest BCUT2D eigenvalue weighted by Crippen LogP contribution is 2.23. The molecular formula is C21H18FNO5S. The second-order valence-electron chi connectivity index (χ2n) is 6.04. The summed E-state index contributed by atoms with van der Waals surface area (Å²) in [5.74, 6) is -1.19. The predicted octanol–water partition coefficient (Wildman–Crippen LogP) is 3.99. The van der Waals surface area contributed by atoms with Crippen molar-refractivity contribution in [2.75, 3.05) is 11.8 Å². The topological polar surface area (TPSA) is 81.7 Å². The molecule has 0 unspecified atom stereocenters. The molecule has 0 aliphatic carbocycles. The van der Waals surface area contributed by atoms with Crippen molar-refractivity contribution in [2.24, 2.45) is 0 Å². The number of ether oxygens (including phenoxy) is 2. The summed E-state index contributed by atoms with van der Waals surface area (Å²) in [6.07, 6.45) is 0. The summed E-state index contributed by atoms with van der Waals surface area (Å²) in [6, 6.07) is 18.8. The minimum atomic E-state index is -4.25. The van der Waals surface area contributed by atoms with Crippen LogP contribution in [0.2, 0.25) is 0 Å². The van der Waals surface area contributed by atoms with Gasteiger partial charge in [0.05, 0.1) is 12.7 Å². The van der Waals surface area contributed by atoms with Gasteiger partial charge in [0, 0.05) is 5.69 Å². The van der Waals surface area contributed by atoms with Gasteiger partial charge in [0.1, 0.15) is 23.1 Å². The van der Waals surface area contributed by atoms with E-state index in [1.54, 1.807) is 12.1 Å². The molecule has 0 radical (unpaired) electrons. The van der Waals surface area contributed by atoms with Gasteiger partial charge >= 0.3 is 5.97 Å². The quantitative estimate of drug-likeness (QED) is 0.590. The summed E-state index contributed by atoms with van der Waals surface area (Å²) in [4.78, 5) is 10.9. The number of hydrogen-bond donors (Lipinski definition) is 1. The maximum atomic E-state index is 14.1. The summed E-state index contributed by atoms with van der Waals surface area (Å²) < 4.78 is 51.6. The van der Waals surface area contributed by atoms with Gasteiger partial charge < -0.3 is 9.47 Å². The van der Waals surface area contributed by atoms with E-state index in [4.69, 9.17) is 4.74 Å². The molecule has 29 heavy (non-hydrogen) atoms. The van der Waals surface area contributed by atoms with E-state index in [-0.39, 0.29) is 11.3 Å². The van der Waals surface area contributed by atoms with E-state index < -0.39 is 26.7 Å². The molecule has 8 heteroatoms. The average Bonchev–Trinajstić information content (AvgIpc) is 2.73. The van der Waals surface area contributed by atoms with Crippen LogP contribution in [-0.4, -0.2) is 21.5 Å². The van der Waals surface area contributed by atoms with Crippen LogP contribution in [0.3, 0.4) is 0 Å². The van der Waals surface area contributed by atoms with Crippen LogP contribution in [0, 0.1) is 5.82 Å². The Labute approximate surface area is 168 Å². The Bertz CT molecular complexity index is 1100. The van der Waals surface area contributed by atoms with Crippen LogP contribution in [0.4, 0.5) is 10.1 Å². The van der Waals surface area contributed by atoms with E-state index in [2.05, 4.69) is 9.46 Å². The zero-order chi connectivity index (χ0) is 20.9. The Morgan fingerprint density at radius 1 is 1.00 bits per heavy atom. The molecule has 0 amide bonds. The van der Waals surface area contributed by atoms with Gasteiger partial charge in [0.25, 0.3) is 10.0 Å². The molecule has 3 aromatic carbocycles. The summed E-state index contributed by atoms with van der Waals surface area (Å²) in [7, 11) is -3.10. The molecule has 0 heterocycles. The number of nitrogens with one attached hydrogen (secondary N) is 1. The molecule has 6 nitrogen and oxygen atoms in total. The summed E-state index contributed by atoms with van der Waals surface area (Å²) in [5.41, 5.74) is 1.15. The van der Waals surface area contributed by atoms with Gasteiger partial charge in [-0.3, -0.25) is 4.72 Å². The minimum Gasteiger partial charge on any atom is -0.489 e. The zero-order valence-electron chi connectivity index (χ0n) is 15.5. The van der Waals surface area contributed by atoms with Crippen molar-refractivity contribution in [2.45, 2.75) is 11.5 Å². The van der Waals surface area contributed by atoms with Crippen molar-refractivity contribution in [3.05, 3.63) is 89.7 Å². The Kier molecular flexibility index (Phi) is 6.13. The standard InChI is InChI=1S/C21H18FNO5S/c1-27-21(24)16-7-12-19(22)20(13-16)29(25,26)23-17-8-10-18(11-9-17)28-14-15-5-3-2-4-6-15/h2-13,23H,14H2,1H3. The van der Waals surface area contributed by atoms with Crippen LogP contribution in [0.5, 0.6) is 5.75 Å². The van der Waals surface area contributed by atoms with E-state index in [1.807, 2.05) is 30.3 Å². The van der Waals surface area contributed by atoms with E-state index in [9.17, 15) is 17.6 Å². The third-order valence-electron chi connectivity index (χ3n) is 4.00. The lowest BCUT2D eigenvalue weighted by Gasteiger charge is -2.11. The van der Waals surface area contributed by atoms with Gasteiger partial charge in [-0.15, -0.1) is 0 Å². The fraction of sp³-hybridized carbons (Fsp3) is 0.0952. The van der Waals surface area contributed by atoms with Crippen molar-refractivity contribution in [1.29, 1.82) is 0 Å². The van der Waals surface area contributed by atoms with Crippen LogP contribution < -0.4 is 9.46 Å². The SMILES string of the molecule is COC(=O)c1ccc(F)c(S(=O)(=O)Nc2ccc(OCc3ccccc3)cc2)c1. The van der Waals surface area contributed by atoms with Gasteiger partial charge in [-0.25, -0.2) is 17.6 Å². The summed E-state index contributed by atoms with van der Waals surface area (Å²) >= 11 is 0. The second kappa shape index (κ2) is 8.74. The Morgan fingerprint density at radius 2 is 1.69 bits per heavy atom. The van der Waals surface area contributed by atoms with Crippen LogP contribution in [0.15, 0.2) is 77.7 Å². The number of rotatable bonds is 7. The van der Waals surface area contributed by atoms with E-state index in [0.29, 0.717) is 12.4 Å². The van der Waals surface area contributed by atoms with Gasteiger partial charge in [-0.05, 0) is 48.0 Å². The maximum absolute atomic E-state index is 14.1. The molecule has 0 aromatic heterocycles. The molecule has 0 saturated carbocycles. The summed E-state index contributed by atoms with van der Waals surface area (Å²) in [6.45, 7) is 0.372. The first-order valence-corrected chi connectivity index (χ1v) is 10.0. The molecule has 0 atom stereocenters. The zero-order valence-corrected chi connectivity index (χ0v) is 16.3. The van der Waals surface area contributed by atoms with Crippen molar-refractivity contribution < 1.29 is 27.1 Å². The number of methoxy groups -OCH3 is 1. The normalized spacial score (nSPS) is 11.0. The third-order valence-corrected chi connectivity index (χ3v) is 5.39. The summed E-state index contributed by atoms with van der Waals surface area (Å²) in [5, 5.41) is 0. The van der Waals surface area contributed by atoms with Crippen LogP contribution in [0.1, 0.15) is 15.9 Å². The van der Waals surface area contributed by atoms with Crippen molar-refractivity contribution in [3.63, 3.8) is 0 Å². The average molecular weight is 415 g/mol. The van der Waals surface area contributed by atoms with E-state index in [1.165, 1.54) is 12.1 Å². The van der Waals surface area contributed by atoms with E-state index >= 15 is 0 Å². The number of halogens is 1. The van der Waals surface area contributed by atoms with Crippen LogP contribution >= 0.6 is 0 Å². The van der Waals surface area contributed by atoms with Gasteiger partial charge in [0.2, 0.25) is 0 Å². The predicted molar refractivity (Wildman–Crippen MR) is 106 cm³/mol. The molecule has 0 bridgehead atoms. The number of sulfonamides is 1. The molecule has 150 valence electrons. The largest absolute Gasteiger partial charge is 0.489 e. The highest BCUT2D eigenvalue weighted by Gasteiger charge is 2.21. The molecule has 0 spiro atoms. The molecule has 3 rings (SSSR count). The van der Waals surface area contributed by atoms with Crippen molar-refractivity contribution in [3.8, 4) is 5.75 Å².